The first-order chi connectivity index (χ1) is 10.00. The predicted molar refractivity (Wildman–Crippen MR) is 81.1 cm³/mol. The molecule has 0 aliphatic carbocycles. The maximum absolute atomic E-state index is 12.2. The summed E-state index contributed by atoms with van der Waals surface area (Å²) >= 11 is 0. The highest BCUT2D eigenvalue weighted by atomic mass is 32.2. The molecule has 1 N–H and O–H groups in total. The third kappa shape index (κ3) is 3.09. The Morgan fingerprint density at radius 3 is 2.38 bits per heavy atom. The number of hydrogen-bond donors (Lipinski definition) is 1. The van der Waals surface area contributed by atoms with Gasteiger partial charge in [-0.25, -0.2) is 8.42 Å². The van der Waals surface area contributed by atoms with Gasteiger partial charge in [0.15, 0.2) is 9.84 Å². The van der Waals surface area contributed by atoms with E-state index in [9.17, 15) is 13.5 Å². The summed E-state index contributed by atoms with van der Waals surface area (Å²) in [7, 11) is -3.01. The van der Waals surface area contributed by atoms with E-state index in [2.05, 4.69) is 0 Å². The van der Waals surface area contributed by atoms with E-state index >= 15 is 0 Å². The van der Waals surface area contributed by atoms with Gasteiger partial charge in [-0.3, -0.25) is 0 Å². The maximum atomic E-state index is 12.2. The minimum absolute atomic E-state index is 0.355. The summed E-state index contributed by atoms with van der Waals surface area (Å²) < 4.78 is 30.1. The molecule has 2 heterocycles. The van der Waals surface area contributed by atoms with Crippen LogP contribution in [0.1, 0.15) is 38.5 Å². The van der Waals surface area contributed by atoms with Crippen LogP contribution in [0.25, 0.3) is 0 Å². The first-order valence-corrected chi connectivity index (χ1v) is 9.23. The van der Waals surface area contributed by atoms with E-state index < -0.39 is 15.4 Å². The van der Waals surface area contributed by atoms with Gasteiger partial charge in [-0.1, -0.05) is 24.6 Å². The second-order valence-corrected chi connectivity index (χ2v) is 8.82. The van der Waals surface area contributed by atoms with Crippen molar-refractivity contribution in [3.05, 3.63) is 30.3 Å². The summed E-state index contributed by atoms with van der Waals surface area (Å²) in [6, 6.07) is 9.49. The number of fused-ring (bicyclic) bond motifs is 2. The van der Waals surface area contributed by atoms with Crippen LogP contribution in [0, 0.1) is 0 Å². The molecule has 0 radical (unpaired) electrons. The summed E-state index contributed by atoms with van der Waals surface area (Å²) in [5, 5.41) is 10.0. The van der Waals surface area contributed by atoms with Crippen LogP contribution in [0.4, 0.5) is 0 Å². The Labute approximate surface area is 126 Å². The molecule has 2 fully saturated rings. The summed E-state index contributed by atoms with van der Waals surface area (Å²) in [6.07, 6.45) is 3.57. The first-order valence-electron chi connectivity index (χ1n) is 7.63. The largest absolute Gasteiger partial charge is 0.493 e. The van der Waals surface area contributed by atoms with E-state index in [-0.39, 0.29) is 10.5 Å². The highest BCUT2D eigenvalue weighted by Crippen LogP contribution is 2.42. The number of rotatable bonds is 4. The van der Waals surface area contributed by atoms with Crippen LogP contribution in [-0.2, 0) is 9.84 Å². The average Bonchev–Trinajstić information content (AvgIpc) is 2.42. The van der Waals surface area contributed by atoms with Crippen molar-refractivity contribution in [1.82, 2.24) is 0 Å². The topological polar surface area (TPSA) is 63.6 Å². The molecule has 2 bridgehead atoms. The van der Waals surface area contributed by atoms with Crippen molar-refractivity contribution in [2.24, 2.45) is 0 Å². The second-order valence-electron chi connectivity index (χ2n) is 6.31. The molecule has 3 rings (SSSR count). The zero-order valence-corrected chi connectivity index (χ0v) is 12.9. The van der Waals surface area contributed by atoms with Gasteiger partial charge in [0, 0.05) is 6.42 Å². The van der Waals surface area contributed by atoms with Gasteiger partial charge in [-0.2, -0.15) is 0 Å². The Morgan fingerprint density at radius 1 is 1.14 bits per heavy atom. The second kappa shape index (κ2) is 5.61. The molecule has 0 amide bonds. The first kappa shape index (κ1) is 14.9. The van der Waals surface area contributed by atoms with E-state index in [1.807, 2.05) is 30.3 Å². The number of sulfone groups is 1. The lowest BCUT2D eigenvalue weighted by Crippen LogP contribution is -2.52. The Hall–Kier alpha value is -1.07. The Balaban J connectivity index is 1.61. The number of benzene rings is 1. The average molecular weight is 310 g/mol. The van der Waals surface area contributed by atoms with Gasteiger partial charge in [0.2, 0.25) is 0 Å². The zero-order chi connectivity index (χ0) is 14.9. The number of para-hydroxylation sites is 1. The lowest BCUT2D eigenvalue weighted by Gasteiger charge is -2.43. The van der Waals surface area contributed by atoms with Crippen molar-refractivity contribution in [3.8, 4) is 5.75 Å². The van der Waals surface area contributed by atoms with Crippen LogP contribution < -0.4 is 4.74 Å². The molecule has 0 spiro atoms. The van der Waals surface area contributed by atoms with Gasteiger partial charge in [-0.05, 0) is 37.8 Å². The molecule has 2 aliphatic rings. The zero-order valence-electron chi connectivity index (χ0n) is 12.1. The predicted octanol–water partition coefficient (Wildman–Crippen LogP) is 2.32. The van der Waals surface area contributed by atoms with Crippen molar-refractivity contribution < 1.29 is 18.3 Å². The smallest absolute Gasteiger partial charge is 0.156 e. The molecule has 21 heavy (non-hydrogen) atoms. The van der Waals surface area contributed by atoms with Crippen LogP contribution in [0.3, 0.4) is 0 Å². The van der Waals surface area contributed by atoms with Gasteiger partial charge in [-0.15, -0.1) is 0 Å². The molecule has 2 unspecified atom stereocenters. The van der Waals surface area contributed by atoms with Crippen LogP contribution in [-0.4, -0.2) is 36.2 Å². The van der Waals surface area contributed by atoms with Crippen LogP contribution >= 0.6 is 0 Å². The quantitative estimate of drug-likeness (QED) is 0.927. The lowest BCUT2D eigenvalue weighted by atomic mass is 9.83. The maximum Gasteiger partial charge on any atom is 0.156 e. The van der Waals surface area contributed by atoms with Gasteiger partial charge in [0.1, 0.15) is 5.75 Å². The normalized spacial score (nSPS) is 34.3. The highest BCUT2D eigenvalue weighted by molar-refractivity contribution is 7.92. The molecular formula is C16H22O4S. The number of hydrogen-bond acceptors (Lipinski definition) is 4. The van der Waals surface area contributed by atoms with E-state index in [4.69, 9.17) is 4.74 Å². The third-order valence-electron chi connectivity index (χ3n) is 4.78. The summed E-state index contributed by atoms with van der Waals surface area (Å²) in [4.78, 5) is 0. The van der Waals surface area contributed by atoms with Crippen molar-refractivity contribution in [2.45, 2.75) is 54.6 Å². The fourth-order valence-electron chi connectivity index (χ4n) is 3.62. The molecule has 0 aromatic heterocycles. The fraction of sp³-hybridized carbons (Fsp3) is 0.625. The molecule has 116 valence electrons. The summed E-state index contributed by atoms with van der Waals surface area (Å²) in [5.41, 5.74) is -0.893. The highest BCUT2D eigenvalue weighted by Gasteiger charge is 2.49. The molecule has 5 heteroatoms. The Kier molecular flexibility index (Phi) is 3.97. The van der Waals surface area contributed by atoms with E-state index in [1.165, 1.54) is 0 Å². The van der Waals surface area contributed by atoms with E-state index in [0.29, 0.717) is 38.7 Å². The molecule has 2 saturated heterocycles. The SMILES string of the molecule is O=S1(=O)C2CCCC1CC(O)(CCOc1ccccc1)C2. The monoisotopic (exact) mass is 310 g/mol. The van der Waals surface area contributed by atoms with Gasteiger partial charge in [0.05, 0.1) is 22.7 Å². The molecule has 4 nitrogen and oxygen atoms in total. The van der Waals surface area contributed by atoms with Crippen molar-refractivity contribution in [1.29, 1.82) is 0 Å². The van der Waals surface area contributed by atoms with E-state index in [1.54, 1.807) is 0 Å². The van der Waals surface area contributed by atoms with Gasteiger partial charge < -0.3 is 9.84 Å². The summed E-state index contributed by atoms with van der Waals surface area (Å²) in [5.74, 6) is 0.782. The van der Waals surface area contributed by atoms with Gasteiger partial charge in [0.25, 0.3) is 0 Å². The third-order valence-corrected chi connectivity index (χ3v) is 7.44. The Bertz CT molecular complexity index is 562. The van der Waals surface area contributed by atoms with Gasteiger partial charge >= 0.3 is 0 Å². The summed E-state index contributed by atoms with van der Waals surface area (Å²) in [6.45, 7) is 0.417. The minimum atomic E-state index is -3.01. The Morgan fingerprint density at radius 2 is 1.76 bits per heavy atom. The minimum Gasteiger partial charge on any atom is -0.493 e. The van der Waals surface area contributed by atoms with Crippen molar-refractivity contribution in [2.75, 3.05) is 6.61 Å². The van der Waals surface area contributed by atoms with Crippen molar-refractivity contribution in [3.63, 3.8) is 0 Å². The lowest BCUT2D eigenvalue weighted by molar-refractivity contribution is -0.00845. The van der Waals surface area contributed by atoms with Crippen LogP contribution in [0.15, 0.2) is 30.3 Å². The molecular weight excluding hydrogens is 288 g/mol. The standard InChI is InChI=1S/C16H22O4S/c17-16(9-10-20-13-5-2-1-3-6-13)11-14-7-4-8-15(12-16)21(14,18)19/h1-3,5-6,14-15,17H,4,7-12H2. The molecule has 0 saturated carbocycles. The number of aliphatic hydroxyl groups is 1. The molecule has 2 aliphatic heterocycles. The van der Waals surface area contributed by atoms with E-state index in [0.717, 1.165) is 12.2 Å². The van der Waals surface area contributed by atoms with Crippen LogP contribution in [0.2, 0.25) is 0 Å². The van der Waals surface area contributed by atoms with Crippen LogP contribution in [0.5, 0.6) is 5.75 Å². The molecule has 1 aromatic rings. The van der Waals surface area contributed by atoms with Crippen molar-refractivity contribution >= 4 is 9.84 Å². The molecule has 2 atom stereocenters. The fourth-order valence-corrected chi connectivity index (χ4v) is 6.24. The number of ether oxygens (including phenoxy) is 1. The molecule has 1 aromatic carbocycles.